The molecule has 2 aromatic rings. The highest BCUT2D eigenvalue weighted by Gasteiger charge is 2.00. The van der Waals surface area contributed by atoms with Crippen LogP contribution < -0.4 is 15.8 Å². The van der Waals surface area contributed by atoms with E-state index < -0.39 is 0 Å². The van der Waals surface area contributed by atoms with Gasteiger partial charge in [0.2, 0.25) is 5.88 Å². The van der Waals surface area contributed by atoms with Crippen LogP contribution in [0.4, 0.5) is 11.4 Å². The van der Waals surface area contributed by atoms with Gasteiger partial charge < -0.3 is 15.8 Å². The summed E-state index contributed by atoms with van der Waals surface area (Å²) in [6.45, 7) is 2.71. The van der Waals surface area contributed by atoms with Crippen LogP contribution >= 0.6 is 0 Å². The molecule has 0 fully saturated rings. The zero-order valence-corrected chi connectivity index (χ0v) is 10.6. The highest BCUT2D eigenvalue weighted by Crippen LogP contribution is 2.20. The fourth-order valence-electron chi connectivity index (χ4n) is 1.68. The second kappa shape index (κ2) is 5.40. The Morgan fingerprint density at radius 1 is 1.28 bits per heavy atom. The summed E-state index contributed by atoms with van der Waals surface area (Å²) in [4.78, 5) is 4.15. The zero-order chi connectivity index (χ0) is 13.0. The van der Waals surface area contributed by atoms with Crippen LogP contribution in [0.25, 0.3) is 0 Å². The number of methoxy groups -OCH3 is 1. The van der Waals surface area contributed by atoms with Crippen LogP contribution in [0.3, 0.4) is 0 Å². The number of anilines is 2. The van der Waals surface area contributed by atoms with E-state index in [1.54, 1.807) is 13.3 Å². The molecule has 18 heavy (non-hydrogen) atoms. The van der Waals surface area contributed by atoms with Gasteiger partial charge in [0.25, 0.3) is 0 Å². The fraction of sp³-hybridized carbons (Fsp3) is 0.214. The van der Waals surface area contributed by atoms with Crippen molar-refractivity contribution in [2.24, 2.45) is 0 Å². The Morgan fingerprint density at radius 3 is 2.72 bits per heavy atom. The fourth-order valence-corrected chi connectivity index (χ4v) is 1.68. The number of hydrogen-bond donors (Lipinski definition) is 2. The molecule has 0 radical (unpaired) electrons. The number of nitrogen functional groups attached to an aromatic ring is 1. The van der Waals surface area contributed by atoms with Crippen molar-refractivity contribution < 1.29 is 4.74 Å². The number of pyridine rings is 1. The van der Waals surface area contributed by atoms with Gasteiger partial charge >= 0.3 is 0 Å². The second-order valence-electron chi connectivity index (χ2n) is 4.15. The topological polar surface area (TPSA) is 60.2 Å². The van der Waals surface area contributed by atoms with E-state index in [2.05, 4.69) is 10.3 Å². The molecule has 4 heteroatoms. The maximum Gasteiger partial charge on any atom is 0.212 e. The SMILES string of the molecule is COc1ccc(CNc2ccc(C)cc2N)cn1. The number of aromatic nitrogens is 1. The van der Waals surface area contributed by atoms with Crippen molar-refractivity contribution in [2.75, 3.05) is 18.2 Å². The van der Waals surface area contributed by atoms with E-state index in [0.29, 0.717) is 12.4 Å². The Labute approximate surface area is 107 Å². The molecule has 1 aromatic carbocycles. The second-order valence-corrected chi connectivity index (χ2v) is 4.15. The predicted octanol–water partition coefficient (Wildman–Crippen LogP) is 2.59. The molecule has 0 spiro atoms. The lowest BCUT2D eigenvalue weighted by Crippen LogP contribution is -2.03. The predicted molar refractivity (Wildman–Crippen MR) is 73.7 cm³/mol. The standard InChI is InChI=1S/C14H17N3O/c1-10-3-5-13(12(15)7-10)16-8-11-4-6-14(18-2)17-9-11/h3-7,9,16H,8,15H2,1-2H3. The van der Waals surface area contributed by atoms with Crippen LogP contribution in [-0.4, -0.2) is 12.1 Å². The molecule has 0 aliphatic rings. The van der Waals surface area contributed by atoms with Crippen LogP contribution in [0.5, 0.6) is 5.88 Å². The van der Waals surface area contributed by atoms with Gasteiger partial charge in [0.1, 0.15) is 0 Å². The first-order valence-corrected chi connectivity index (χ1v) is 5.78. The number of nitrogens with one attached hydrogen (secondary N) is 1. The summed E-state index contributed by atoms with van der Waals surface area (Å²) in [5.74, 6) is 0.619. The molecule has 0 bridgehead atoms. The lowest BCUT2D eigenvalue weighted by molar-refractivity contribution is 0.397. The average Bonchev–Trinajstić information content (AvgIpc) is 2.38. The Balaban J connectivity index is 2.02. The number of aryl methyl sites for hydroxylation is 1. The summed E-state index contributed by atoms with van der Waals surface area (Å²) in [6.07, 6.45) is 1.79. The molecule has 0 saturated carbocycles. The Morgan fingerprint density at radius 2 is 2.11 bits per heavy atom. The third kappa shape index (κ3) is 2.91. The third-order valence-corrected chi connectivity index (χ3v) is 2.70. The van der Waals surface area contributed by atoms with E-state index in [1.807, 2.05) is 37.3 Å². The summed E-state index contributed by atoms with van der Waals surface area (Å²) in [6, 6.07) is 9.79. The van der Waals surface area contributed by atoms with Crippen molar-refractivity contribution in [3.05, 3.63) is 47.7 Å². The maximum absolute atomic E-state index is 5.93. The van der Waals surface area contributed by atoms with E-state index in [0.717, 1.165) is 22.5 Å². The molecule has 0 atom stereocenters. The molecular weight excluding hydrogens is 226 g/mol. The Bertz CT molecular complexity index is 523. The van der Waals surface area contributed by atoms with Crippen LogP contribution in [0.1, 0.15) is 11.1 Å². The van der Waals surface area contributed by atoms with Gasteiger partial charge in [0.15, 0.2) is 0 Å². The lowest BCUT2D eigenvalue weighted by atomic mass is 10.2. The van der Waals surface area contributed by atoms with E-state index in [4.69, 9.17) is 10.5 Å². The maximum atomic E-state index is 5.93. The molecule has 0 aliphatic heterocycles. The summed E-state index contributed by atoms with van der Waals surface area (Å²) in [7, 11) is 1.60. The first kappa shape index (κ1) is 12.2. The summed E-state index contributed by atoms with van der Waals surface area (Å²) in [5.41, 5.74) is 9.87. The molecule has 0 amide bonds. The summed E-state index contributed by atoms with van der Waals surface area (Å²) >= 11 is 0. The zero-order valence-electron chi connectivity index (χ0n) is 10.6. The molecular formula is C14H17N3O. The van der Waals surface area contributed by atoms with E-state index in [9.17, 15) is 0 Å². The van der Waals surface area contributed by atoms with E-state index in [-0.39, 0.29) is 0 Å². The Hall–Kier alpha value is -2.23. The number of nitrogens with two attached hydrogens (primary N) is 1. The van der Waals surface area contributed by atoms with Gasteiger partial charge in [0, 0.05) is 18.8 Å². The van der Waals surface area contributed by atoms with Gasteiger partial charge in [-0.1, -0.05) is 12.1 Å². The molecule has 94 valence electrons. The summed E-state index contributed by atoms with van der Waals surface area (Å²) in [5, 5.41) is 3.29. The number of hydrogen-bond acceptors (Lipinski definition) is 4. The van der Waals surface area contributed by atoms with Gasteiger partial charge in [-0.15, -0.1) is 0 Å². The van der Waals surface area contributed by atoms with Crippen LogP contribution in [0.15, 0.2) is 36.5 Å². The highest BCUT2D eigenvalue weighted by molar-refractivity contribution is 5.66. The largest absolute Gasteiger partial charge is 0.481 e. The van der Waals surface area contributed by atoms with E-state index >= 15 is 0 Å². The van der Waals surface area contributed by atoms with Crippen molar-refractivity contribution in [1.82, 2.24) is 4.98 Å². The molecule has 2 rings (SSSR count). The molecule has 4 nitrogen and oxygen atoms in total. The first-order chi connectivity index (χ1) is 8.69. The molecule has 1 aromatic heterocycles. The molecule has 1 heterocycles. The van der Waals surface area contributed by atoms with E-state index in [1.165, 1.54) is 0 Å². The monoisotopic (exact) mass is 243 g/mol. The Kier molecular flexibility index (Phi) is 3.67. The molecule has 0 unspecified atom stereocenters. The van der Waals surface area contributed by atoms with Gasteiger partial charge in [-0.25, -0.2) is 4.98 Å². The smallest absolute Gasteiger partial charge is 0.212 e. The third-order valence-electron chi connectivity index (χ3n) is 2.70. The van der Waals surface area contributed by atoms with Crippen molar-refractivity contribution in [1.29, 1.82) is 0 Å². The van der Waals surface area contributed by atoms with Crippen molar-refractivity contribution in [3.63, 3.8) is 0 Å². The van der Waals surface area contributed by atoms with Crippen molar-refractivity contribution in [2.45, 2.75) is 13.5 Å². The van der Waals surface area contributed by atoms with Gasteiger partial charge in [0.05, 0.1) is 18.5 Å². The van der Waals surface area contributed by atoms with Gasteiger partial charge in [-0.05, 0) is 30.2 Å². The molecule has 0 aliphatic carbocycles. The molecule has 0 saturated heterocycles. The van der Waals surface area contributed by atoms with Crippen LogP contribution in [-0.2, 0) is 6.54 Å². The van der Waals surface area contributed by atoms with Crippen LogP contribution in [0, 0.1) is 6.92 Å². The van der Waals surface area contributed by atoms with Crippen LogP contribution in [0.2, 0.25) is 0 Å². The quantitative estimate of drug-likeness (QED) is 0.810. The lowest BCUT2D eigenvalue weighted by Gasteiger charge is -2.10. The number of rotatable bonds is 4. The average molecular weight is 243 g/mol. The minimum Gasteiger partial charge on any atom is -0.481 e. The normalized spacial score (nSPS) is 10.1. The summed E-state index contributed by atoms with van der Waals surface area (Å²) < 4.78 is 5.01. The minimum absolute atomic E-state index is 0.619. The number of ether oxygens (including phenoxy) is 1. The van der Waals surface area contributed by atoms with Crippen molar-refractivity contribution >= 4 is 11.4 Å². The van der Waals surface area contributed by atoms with Crippen molar-refractivity contribution in [3.8, 4) is 5.88 Å². The van der Waals surface area contributed by atoms with Gasteiger partial charge in [-0.3, -0.25) is 0 Å². The highest BCUT2D eigenvalue weighted by atomic mass is 16.5. The molecule has 3 N–H and O–H groups in total. The minimum atomic E-state index is 0.619. The number of benzene rings is 1. The first-order valence-electron chi connectivity index (χ1n) is 5.78. The number of nitrogens with zero attached hydrogens (tertiary/aromatic N) is 1. The van der Waals surface area contributed by atoms with Gasteiger partial charge in [-0.2, -0.15) is 0 Å².